The molecule has 3 atom stereocenters. The first-order valence-electron chi connectivity index (χ1n) is 17.3. The summed E-state index contributed by atoms with van der Waals surface area (Å²) in [5, 5.41) is 6.39. The van der Waals surface area contributed by atoms with Crippen molar-refractivity contribution in [2.24, 2.45) is 5.11 Å². The maximum Gasteiger partial charge on any atom is 0.410 e. The van der Waals surface area contributed by atoms with Crippen molar-refractivity contribution in [3.63, 3.8) is 0 Å². The molecular formula is C39H41F3N6O5S. The number of azide groups is 1. The molecule has 0 aromatic heterocycles. The van der Waals surface area contributed by atoms with Gasteiger partial charge >= 0.3 is 6.09 Å². The number of amides is 2. The molecule has 11 nitrogen and oxygen atoms in total. The van der Waals surface area contributed by atoms with E-state index in [1.54, 1.807) is 45.9 Å². The first-order chi connectivity index (χ1) is 25.6. The molecule has 4 aromatic rings. The van der Waals surface area contributed by atoms with E-state index >= 15 is 4.39 Å². The first kappa shape index (κ1) is 39.8. The number of rotatable bonds is 11. The number of ether oxygens (including phenoxy) is 1. The highest BCUT2D eigenvalue weighted by molar-refractivity contribution is 7.89. The monoisotopic (exact) mass is 762 g/mol. The van der Waals surface area contributed by atoms with Crippen LogP contribution in [0.3, 0.4) is 0 Å². The molecule has 0 radical (unpaired) electrons. The van der Waals surface area contributed by atoms with Crippen molar-refractivity contribution in [2.45, 2.75) is 75.1 Å². The molecule has 1 saturated heterocycles. The highest BCUT2D eigenvalue weighted by atomic mass is 32.2. The van der Waals surface area contributed by atoms with Crippen LogP contribution in [0.15, 0.2) is 107 Å². The SMILES string of the molecule is C[C@H]1CN(C(=O)OC(C)(C)C)C[C@H](CCc2c(F)cccc2NC(=O)C(N=[N+]=[N-])C(c2cccc(F)c2)c2cccc(F)c2)N1S(=O)(=O)c1ccccc1. The van der Waals surface area contributed by atoms with Crippen molar-refractivity contribution in [3.8, 4) is 0 Å². The molecule has 2 amide bonds. The molecule has 0 bridgehead atoms. The predicted octanol–water partition coefficient (Wildman–Crippen LogP) is 8.18. The number of sulfonamides is 1. The predicted molar refractivity (Wildman–Crippen MR) is 197 cm³/mol. The van der Waals surface area contributed by atoms with Gasteiger partial charge in [0.1, 0.15) is 29.1 Å². The second-order valence-corrected chi connectivity index (χ2v) is 15.9. The van der Waals surface area contributed by atoms with Crippen LogP contribution in [0.5, 0.6) is 0 Å². The van der Waals surface area contributed by atoms with Gasteiger partial charge < -0.3 is 15.0 Å². The largest absolute Gasteiger partial charge is 0.444 e. The van der Waals surface area contributed by atoms with E-state index in [1.165, 1.54) is 75.9 Å². The summed E-state index contributed by atoms with van der Waals surface area (Å²) in [7, 11) is -4.08. The van der Waals surface area contributed by atoms with Gasteiger partial charge in [0.2, 0.25) is 15.9 Å². The fraction of sp³-hybridized carbons (Fsp3) is 0.333. The van der Waals surface area contributed by atoms with E-state index in [9.17, 15) is 32.3 Å². The summed E-state index contributed by atoms with van der Waals surface area (Å²) >= 11 is 0. The third-order valence-electron chi connectivity index (χ3n) is 8.96. The Morgan fingerprint density at radius 3 is 2.11 bits per heavy atom. The Hall–Kier alpha value is -5.37. The zero-order valence-electron chi connectivity index (χ0n) is 30.2. The second-order valence-electron chi connectivity index (χ2n) is 14.1. The second kappa shape index (κ2) is 16.8. The molecular weight excluding hydrogens is 722 g/mol. The van der Waals surface area contributed by atoms with Crippen molar-refractivity contribution in [3.05, 3.63) is 142 Å². The third-order valence-corrected chi connectivity index (χ3v) is 11.0. The minimum absolute atomic E-state index is 0.0145. The third kappa shape index (κ3) is 9.40. The molecule has 5 rings (SSSR count). The molecule has 1 aliphatic heterocycles. The van der Waals surface area contributed by atoms with Gasteiger partial charge in [0.25, 0.3) is 0 Å². The Kier molecular flexibility index (Phi) is 12.4. The van der Waals surface area contributed by atoms with Crippen LogP contribution < -0.4 is 5.32 Å². The molecule has 4 aromatic carbocycles. The van der Waals surface area contributed by atoms with Crippen molar-refractivity contribution in [1.29, 1.82) is 0 Å². The fourth-order valence-corrected chi connectivity index (χ4v) is 8.59. The van der Waals surface area contributed by atoms with Crippen LogP contribution in [0, 0.1) is 17.5 Å². The Morgan fingerprint density at radius 1 is 0.926 bits per heavy atom. The normalized spacial score (nSPS) is 17.1. The van der Waals surface area contributed by atoms with E-state index in [-0.39, 0.29) is 53.2 Å². The van der Waals surface area contributed by atoms with E-state index in [4.69, 9.17) is 4.74 Å². The van der Waals surface area contributed by atoms with Crippen LogP contribution in [0.1, 0.15) is 56.7 Å². The highest BCUT2D eigenvalue weighted by Crippen LogP contribution is 2.34. The molecule has 0 aliphatic carbocycles. The maximum atomic E-state index is 15.7. The standard InChI is InChI=1S/C39H41F3N6O5S/c1-25-23-47(38(50)53-39(2,3)4)24-30(48(25)54(51,52)31-15-6-5-7-16-31)19-20-32-33(42)17-10-18-34(32)44-37(49)36(45-46-43)35(26-11-8-13-28(40)21-26)27-12-9-14-29(41)22-27/h5-18,21-22,25,30,35-36H,19-20,23-24H2,1-4H3,(H,44,49)/t25-,30-,36?/m0/s1. The molecule has 0 saturated carbocycles. The number of nitrogens with one attached hydrogen (secondary N) is 1. The number of benzene rings is 4. The molecule has 1 N–H and O–H groups in total. The van der Waals surface area contributed by atoms with Crippen LogP contribution in [0.2, 0.25) is 0 Å². The molecule has 284 valence electrons. The number of carbonyl (C=O) groups is 2. The van der Waals surface area contributed by atoms with Gasteiger partial charge in [0, 0.05) is 47.3 Å². The fourth-order valence-electron chi connectivity index (χ4n) is 6.74. The van der Waals surface area contributed by atoms with E-state index in [2.05, 4.69) is 15.3 Å². The van der Waals surface area contributed by atoms with Crippen molar-refractivity contribution in [2.75, 3.05) is 18.4 Å². The number of nitrogens with zero attached hydrogens (tertiary/aromatic N) is 5. The lowest BCUT2D eigenvalue weighted by Crippen LogP contribution is -2.61. The Morgan fingerprint density at radius 2 is 1.54 bits per heavy atom. The van der Waals surface area contributed by atoms with Crippen molar-refractivity contribution < 1.29 is 35.9 Å². The van der Waals surface area contributed by atoms with Crippen LogP contribution in [-0.2, 0) is 26.0 Å². The summed E-state index contributed by atoms with van der Waals surface area (Å²) in [5.74, 6) is -3.98. The molecule has 1 heterocycles. The molecule has 1 unspecified atom stereocenters. The molecule has 1 fully saturated rings. The average molecular weight is 763 g/mol. The first-order valence-corrected chi connectivity index (χ1v) is 18.7. The zero-order chi connectivity index (χ0) is 39.2. The summed E-state index contributed by atoms with van der Waals surface area (Å²) in [6.45, 7) is 6.85. The quantitative estimate of drug-likeness (QED) is 0.0931. The van der Waals surface area contributed by atoms with Gasteiger partial charge in [-0.3, -0.25) is 4.79 Å². The van der Waals surface area contributed by atoms with Crippen LogP contribution >= 0.6 is 0 Å². The lowest BCUT2D eigenvalue weighted by atomic mass is 9.84. The summed E-state index contributed by atoms with van der Waals surface area (Å²) in [6, 6.07) is 19.3. The minimum atomic E-state index is -4.08. The van der Waals surface area contributed by atoms with E-state index in [1.807, 2.05) is 0 Å². The number of anilines is 1. The van der Waals surface area contributed by atoms with Gasteiger partial charge in [-0.15, -0.1) is 0 Å². The molecule has 54 heavy (non-hydrogen) atoms. The van der Waals surface area contributed by atoms with Gasteiger partial charge in [0.15, 0.2) is 0 Å². The Balaban J connectivity index is 1.48. The van der Waals surface area contributed by atoms with Gasteiger partial charge in [-0.05, 0) is 106 Å². The molecule has 0 spiro atoms. The smallest absolute Gasteiger partial charge is 0.410 e. The van der Waals surface area contributed by atoms with E-state index in [0.29, 0.717) is 0 Å². The number of carbonyl (C=O) groups excluding carboxylic acids is 2. The lowest BCUT2D eigenvalue weighted by molar-refractivity contribution is -0.117. The summed E-state index contributed by atoms with van der Waals surface area (Å²) in [4.78, 5) is 31.6. The Labute approximate surface area is 312 Å². The number of halogens is 3. The number of piperazine rings is 1. The Bertz CT molecular complexity index is 2100. The lowest BCUT2D eigenvalue weighted by Gasteiger charge is -2.44. The maximum absolute atomic E-state index is 15.7. The molecule has 1 aliphatic rings. The van der Waals surface area contributed by atoms with E-state index < -0.39 is 69.1 Å². The van der Waals surface area contributed by atoms with Crippen LogP contribution in [-0.4, -0.2) is 66.4 Å². The van der Waals surface area contributed by atoms with Gasteiger partial charge in [0.05, 0.1) is 4.90 Å². The summed E-state index contributed by atoms with van der Waals surface area (Å²) in [5.41, 5.74) is 9.22. The van der Waals surface area contributed by atoms with Gasteiger partial charge in [-0.2, -0.15) is 4.31 Å². The highest BCUT2D eigenvalue weighted by Gasteiger charge is 2.43. The van der Waals surface area contributed by atoms with Crippen LogP contribution in [0.25, 0.3) is 10.4 Å². The van der Waals surface area contributed by atoms with Crippen LogP contribution in [0.4, 0.5) is 23.7 Å². The summed E-state index contributed by atoms with van der Waals surface area (Å²) in [6.07, 6.45) is -0.689. The summed E-state index contributed by atoms with van der Waals surface area (Å²) < 4.78 is 79.6. The minimum Gasteiger partial charge on any atom is -0.444 e. The van der Waals surface area contributed by atoms with E-state index in [0.717, 1.165) is 12.1 Å². The van der Waals surface area contributed by atoms with Crippen molar-refractivity contribution in [1.82, 2.24) is 9.21 Å². The topological polar surface area (TPSA) is 145 Å². The zero-order valence-corrected chi connectivity index (χ0v) is 31.0. The number of hydrogen-bond donors (Lipinski definition) is 1. The average Bonchev–Trinajstić information content (AvgIpc) is 3.10. The van der Waals surface area contributed by atoms with Crippen molar-refractivity contribution >= 4 is 27.7 Å². The molecule has 15 heteroatoms. The number of hydrogen-bond acceptors (Lipinski definition) is 6. The van der Waals surface area contributed by atoms with Gasteiger partial charge in [-0.1, -0.05) is 53.6 Å². The van der Waals surface area contributed by atoms with Gasteiger partial charge in [-0.25, -0.2) is 26.4 Å².